The highest BCUT2D eigenvalue weighted by Gasteiger charge is 2.28. The molecule has 12 heteroatoms. The number of hydrogen-bond acceptors (Lipinski definition) is 9. The Kier molecular flexibility index (Phi) is 35.3. The lowest BCUT2D eigenvalue weighted by Gasteiger charge is -2.20. The van der Waals surface area contributed by atoms with Crippen LogP contribution in [0.2, 0.25) is 0 Å². The number of aliphatic carboxylic acids is 1. The zero-order valence-corrected chi connectivity index (χ0v) is 34.4. The summed E-state index contributed by atoms with van der Waals surface area (Å²) in [5.41, 5.74) is 5.31. The highest BCUT2D eigenvalue weighted by Crippen LogP contribution is 2.43. The molecule has 3 atom stereocenters. The second kappa shape index (κ2) is 37.6. The van der Waals surface area contributed by atoms with Crippen LogP contribution >= 0.6 is 7.82 Å². The smallest absolute Gasteiger partial charge is 0.472 e. The number of ether oxygens (including phenoxy) is 2. The maximum Gasteiger partial charge on any atom is 0.472 e. The largest absolute Gasteiger partial charge is 0.480 e. The molecule has 0 aliphatic rings. The summed E-state index contributed by atoms with van der Waals surface area (Å²) in [5.74, 6) is -2.51. The Morgan fingerprint density at radius 3 is 1.60 bits per heavy atom. The van der Waals surface area contributed by atoms with Crippen molar-refractivity contribution in [3.05, 3.63) is 85.1 Å². The summed E-state index contributed by atoms with van der Waals surface area (Å²) < 4.78 is 32.5. The molecule has 312 valence electrons. The van der Waals surface area contributed by atoms with Crippen molar-refractivity contribution in [2.24, 2.45) is 5.73 Å². The minimum atomic E-state index is -4.73. The molecule has 0 aromatic carbocycles. The van der Waals surface area contributed by atoms with Gasteiger partial charge in [-0.15, -0.1) is 0 Å². The molecule has 0 amide bonds. The number of hydrogen-bond donors (Lipinski definition) is 3. The van der Waals surface area contributed by atoms with Crippen LogP contribution in [0.1, 0.15) is 136 Å². The van der Waals surface area contributed by atoms with Crippen molar-refractivity contribution in [2.75, 3.05) is 19.8 Å². The van der Waals surface area contributed by atoms with E-state index in [1.165, 1.54) is 19.3 Å². The van der Waals surface area contributed by atoms with Gasteiger partial charge in [0, 0.05) is 12.8 Å². The number of carbonyl (C=O) groups is 3. The molecular formula is C43H70NO10P. The van der Waals surface area contributed by atoms with Gasteiger partial charge < -0.3 is 25.2 Å². The van der Waals surface area contributed by atoms with E-state index in [2.05, 4.69) is 91.3 Å². The van der Waals surface area contributed by atoms with Gasteiger partial charge in [-0.2, -0.15) is 0 Å². The van der Waals surface area contributed by atoms with E-state index in [-0.39, 0.29) is 12.8 Å². The second-order valence-corrected chi connectivity index (χ2v) is 14.5. The van der Waals surface area contributed by atoms with E-state index >= 15 is 0 Å². The van der Waals surface area contributed by atoms with Crippen molar-refractivity contribution in [3.8, 4) is 0 Å². The van der Waals surface area contributed by atoms with Crippen LogP contribution in [-0.4, -0.2) is 59.9 Å². The van der Waals surface area contributed by atoms with Crippen molar-refractivity contribution >= 4 is 25.7 Å². The maximum atomic E-state index is 12.6. The van der Waals surface area contributed by atoms with Crippen molar-refractivity contribution < 1.29 is 47.5 Å². The van der Waals surface area contributed by atoms with Gasteiger partial charge in [-0.3, -0.25) is 23.4 Å². The third-order valence-corrected chi connectivity index (χ3v) is 8.84. The van der Waals surface area contributed by atoms with Gasteiger partial charge in [0.25, 0.3) is 0 Å². The van der Waals surface area contributed by atoms with Gasteiger partial charge in [-0.1, -0.05) is 131 Å². The van der Waals surface area contributed by atoms with Crippen LogP contribution in [0.25, 0.3) is 0 Å². The molecule has 0 aliphatic carbocycles. The fraction of sp³-hybridized carbons (Fsp3) is 0.605. The minimum Gasteiger partial charge on any atom is -0.480 e. The predicted octanol–water partition coefficient (Wildman–Crippen LogP) is 10.3. The first-order valence-corrected chi connectivity index (χ1v) is 21.6. The van der Waals surface area contributed by atoms with Crippen LogP contribution in [0, 0.1) is 0 Å². The molecule has 0 fully saturated rings. The fourth-order valence-corrected chi connectivity index (χ4v) is 5.51. The third kappa shape index (κ3) is 37.4. The van der Waals surface area contributed by atoms with Crippen LogP contribution in [0.4, 0.5) is 0 Å². The zero-order chi connectivity index (χ0) is 40.7. The monoisotopic (exact) mass is 791 g/mol. The molecule has 4 N–H and O–H groups in total. The van der Waals surface area contributed by atoms with Crippen LogP contribution in [-0.2, 0) is 37.5 Å². The van der Waals surface area contributed by atoms with Crippen molar-refractivity contribution in [1.82, 2.24) is 0 Å². The van der Waals surface area contributed by atoms with Gasteiger partial charge in [0.05, 0.1) is 13.2 Å². The van der Waals surface area contributed by atoms with Crippen LogP contribution in [0.5, 0.6) is 0 Å². The standard InChI is InChI=1S/C43H70NO10P/c1-3-5-7-9-11-13-15-17-18-19-20-21-22-23-25-26-28-30-32-34-41(45)51-36-39(37-52-55(49,50)53-38-40(44)43(47)48)54-42(46)35-33-31-29-27-24-16-14-12-10-8-6-4-2/h5,7,11-14,17-18,20-21,23,25,28,30,39-40H,3-4,6,8-10,15-16,19,22,24,26-27,29,31-38,44H2,1-2H3,(H,47,48)(H,49,50)/b7-5+,13-11+,14-12+,18-17+,21-20+,25-23+,30-28+/t39-,40+/m0/s1. The first kappa shape index (κ1) is 51.7. The van der Waals surface area contributed by atoms with Crippen LogP contribution in [0.15, 0.2) is 85.1 Å². The summed E-state index contributed by atoms with van der Waals surface area (Å²) >= 11 is 0. The minimum absolute atomic E-state index is 0.0903. The lowest BCUT2D eigenvalue weighted by molar-refractivity contribution is -0.161. The fourth-order valence-electron chi connectivity index (χ4n) is 4.73. The Hall–Kier alpha value is -3.34. The van der Waals surface area contributed by atoms with Crippen molar-refractivity contribution in [3.63, 3.8) is 0 Å². The third-order valence-electron chi connectivity index (χ3n) is 7.89. The first-order chi connectivity index (χ1) is 26.6. The van der Waals surface area contributed by atoms with Gasteiger partial charge in [0.1, 0.15) is 12.6 Å². The highest BCUT2D eigenvalue weighted by atomic mass is 31.2. The number of phosphoric acid groups is 1. The number of unbranched alkanes of at least 4 members (excludes halogenated alkanes) is 8. The number of allylic oxidation sites excluding steroid dienone is 14. The van der Waals surface area contributed by atoms with Crippen molar-refractivity contribution in [2.45, 2.75) is 148 Å². The summed E-state index contributed by atoms with van der Waals surface area (Å²) in [7, 11) is -4.73. The molecular weight excluding hydrogens is 721 g/mol. The number of carboxylic acid groups (broad SMARTS) is 1. The molecule has 0 bridgehead atoms. The average molecular weight is 792 g/mol. The molecule has 0 aromatic rings. The topological polar surface area (TPSA) is 172 Å². The number of esters is 2. The summed E-state index contributed by atoms with van der Waals surface area (Å²) in [6.45, 7) is 2.54. The lowest BCUT2D eigenvalue weighted by atomic mass is 10.1. The van der Waals surface area contributed by atoms with E-state index in [1.54, 1.807) is 0 Å². The van der Waals surface area contributed by atoms with Gasteiger partial charge in [-0.25, -0.2) is 4.57 Å². The maximum absolute atomic E-state index is 12.6. The van der Waals surface area contributed by atoms with E-state index < -0.39 is 57.7 Å². The molecule has 0 radical (unpaired) electrons. The number of carboxylic acids is 1. The van der Waals surface area contributed by atoms with Gasteiger partial charge in [-0.05, 0) is 77.0 Å². The molecule has 0 heterocycles. The molecule has 0 saturated carbocycles. The Balaban J connectivity index is 4.55. The molecule has 55 heavy (non-hydrogen) atoms. The Morgan fingerprint density at radius 1 is 0.582 bits per heavy atom. The number of phosphoric ester groups is 1. The lowest BCUT2D eigenvalue weighted by Crippen LogP contribution is -2.34. The predicted molar refractivity (Wildman–Crippen MR) is 221 cm³/mol. The van der Waals surface area contributed by atoms with Gasteiger partial charge in [0.2, 0.25) is 0 Å². The normalized spacial score (nSPS) is 14.7. The number of carbonyl (C=O) groups excluding carboxylic acids is 2. The average Bonchev–Trinajstić information content (AvgIpc) is 3.16. The Labute approximate surface area is 331 Å². The molecule has 0 aromatic heterocycles. The molecule has 1 unspecified atom stereocenters. The van der Waals surface area contributed by atoms with Crippen LogP contribution in [0.3, 0.4) is 0 Å². The van der Waals surface area contributed by atoms with E-state index in [4.69, 9.17) is 24.8 Å². The number of nitrogens with two attached hydrogens (primary N) is 1. The number of rotatable bonds is 36. The summed E-state index contributed by atoms with van der Waals surface area (Å²) in [5, 5.41) is 8.87. The summed E-state index contributed by atoms with van der Waals surface area (Å²) in [6.07, 6.45) is 45.3. The Morgan fingerprint density at radius 2 is 1.05 bits per heavy atom. The van der Waals surface area contributed by atoms with Crippen molar-refractivity contribution in [1.29, 1.82) is 0 Å². The van der Waals surface area contributed by atoms with E-state index in [1.807, 2.05) is 12.2 Å². The SMILES string of the molecule is CC/C=C/C/C=C/C/C=C/C/C=C/C/C=C/C/C=C/CCC(=O)OC[C@@H](COP(=O)(O)OC[C@@H](N)C(=O)O)OC(=O)CCCCCCC/C=C/CCCCC. The molecule has 0 saturated heterocycles. The van der Waals surface area contributed by atoms with Gasteiger partial charge in [0.15, 0.2) is 6.10 Å². The summed E-state index contributed by atoms with van der Waals surface area (Å²) in [6, 6.07) is -1.54. The zero-order valence-electron chi connectivity index (χ0n) is 33.5. The second-order valence-electron chi connectivity index (χ2n) is 13.0. The Bertz CT molecular complexity index is 1250. The first-order valence-electron chi connectivity index (χ1n) is 20.1. The van der Waals surface area contributed by atoms with Crippen LogP contribution < -0.4 is 5.73 Å². The highest BCUT2D eigenvalue weighted by molar-refractivity contribution is 7.47. The van der Waals surface area contributed by atoms with Gasteiger partial charge >= 0.3 is 25.7 Å². The molecule has 0 spiro atoms. The van der Waals surface area contributed by atoms with E-state index in [0.717, 1.165) is 77.0 Å². The van der Waals surface area contributed by atoms with E-state index in [0.29, 0.717) is 12.8 Å². The summed E-state index contributed by atoms with van der Waals surface area (Å²) in [4.78, 5) is 45.8. The quantitative estimate of drug-likeness (QED) is 0.0239. The van der Waals surface area contributed by atoms with E-state index in [9.17, 15) is 23.8 Å². The molecule has 11 nitrogen and oxygen atoms in total. The molecule has 0 aliphatic heterocycles. The molecule has 0 rings (SSSR count).